The van der Waals surface area contributed by atoms with Crippen molar-refractivity contribution in [2.75, 3.05) is 0 Å². The molecule has 1 heterocycles. The van der Waals surface area contributed by atoms with Crippen LogP contribution < -0.4 is 0 Å². The van der Waals surface area contributed by atoms with E-state index in [2.05, 4.69) is 0 Å². The zero-order chi connectivity index (χ0) is 10.5. The molecule has 3 aliphatic rings. The van der Waals surface area contributed by atoms with Gasteiger partial charge >= 0.3 is 0 Å². The summed E-state index contributed by atoms with van der Waals surface area (Å²) in [6.07, 6.45) is 5.71. The number of rotatable bonds is 0. The quantitative estimate of drug-likeness (QED) is 0.661. The van der Waals surface area contributed by atoms with Gasteiger partial charge < -0.3 is 9.84 Å². The lowest BCUT2D eigenvalue weighted by Crippen LogP contribution is -2.44. The maximum absolute atomic E-state index is 11.8. The van der Waals surface area contributed by atoms with Gasteiger partial charge in [0.1, 0.15) is 5.76 Å². The molecule has 0 aromatic heterocycles. The Balaban J connectivity index is 2.02. The molecule has 0 aromatic carbocycles. The van der Waals surface area contributed by atoms with Gasteiger partial charge in [0, 0.05) is 31.3 Å². The topological polar surface area (TPSA) is 46.5 Å². The van der Waals surface area contributed by atoms with E-state index in [1.165, 1.54) is 0 Å². The first-order valence-electron chi connectivity index (χ1n) is 5.86. The number of carbonyl (C=O) groups is 1. The highest BCUT2D eigenvalue weighted by Crippen LogP contribution is 2.46. The first kappa shape index (κ1) is 9.40. The number of ether oxygens (including phenoxy) is 1. The minimum Gasteiger partial charge on any atom is -0.466 e. The third kappa shape index (κ3) is 1.41. The minimum absolute atomic E-state index is 0.255. The number of Topliss-reactive ketones (excluding diaryl/α,β-unsaturated/α-hetero) is 1. The van der Waals surface area contributed by atoms with Crippen LogP contribution in [0.5, 0.6) is 0 Å². The summed E-state index contributed by atoms with van der Waals surface area (Å²) in [4.78, 5) is 11.8. The second-order valence-corrected chi connectivity index (χ2v) is 4.96. The summed E-state index contributed by atoms with van der Waals surface area (Å²) < 4.78 is 5.63. The lowest BCUT2D eigenvalue weighted by Gasteiger charge is -2.44. The molecular weight excluding hydrogens is 192 g/mol. The molecule has 2 atom stereocenters. The third-order valence-electron chi connectivity index (χ3n) is 3.82. The molecule has 15 heavy (non-hydrogen) atoms. The van der Waals surface area contributed by atoms with Crippen LogP contribution in [0.15, 0.2) is 11.3 Å². The first-order valence-corrected chi connectivity index (χ1v) is 5.86. The predicted molar refractivity (Wildman–Crippen MR) is 53.9 cm³/mol. The lowest BCUT2D eigenvalue weighted by molar-refractivity contribution is -0.216. The molecule has 1 saturated carbocycles. The SMILES string of the molecule is O=C1CCCC2=C1[C@@H]1CCC[C@@](O)(C1)O2. The molecule has 0 aromatic rings. The van der Waals surface area contributed by atoms with Gasteiger partial charge in [0.05, 0.1) is 0 Å². The summed E-state index contributed by atoms with van der Waals surface area (Å²) >= 11 is 0. The molecule has 0 radical (unpaired) electrons. The van der Waals surface area contributed by atoms with Gasteiger partial charge in [-0.2, -0.15) is 0 Å². The Morgan fingerprint density at radius 3 is 3.07 bits per heavy atom. The zero-order valence-corrected chi connectivity index (χ0v) is 8.79. The molecule has 1 aliphatic heterocycles. The minimum atomic E-state index is -0.959. The number of hydrogen-bond acceptors (Lipinski definition) is 3. The van der Waals surface area contributed by atoms with Crippen molar-refractivity contribution in [2.45, 2.75) is 50.7 Å². The molecule has 3 heteroatoms. The van der Waals surface area contributed by atoms with E-state index < -0.39 is 5.79 Å². The van der Waals surface area contributed by atoms with Gasteiger partial charge in [-0.15, -0.1) is 0 Å². The van der Waals surface area contributed by atoms with Crippen molar-refractivity contribution in [2.24, 2.45) is 5.92 Å². The van der Waals surface area contributed by atoms with Gasteiger partial charge in [0.15, 0.2) is 5.78 Å². The van der Waals surface area contributed by atoms with Gasteiger partial charge in [-0.3, -0.25) is 4.79 Å². The molecule has 2 aliphatic carbocycles. The number of ketones is 1. The average Bonchev–Trinajstić information content (AvgIpc) is 2.16. The van der Waals surface area contributed by atoms with Gasteiger partial charge in [-0.25, -0.2) is 0 Å². The molecular formula is C12H16O3. The van der Waals surface area contributed by atoms with E-state index in [4.69, 9.17) is 4.74 Å². The highest BCUT2D eigenvalue weighted by Gasteiger charge is 2.45. The number of hydrogen-bond donors (Lipinski definition) is 1. The molecule has 1 N–H and O–H groups in total. The van der Waals surface area contributed by atoms with Crippen LogP contribution in [-0.2, 0) is 9.53 Å². The fourth-order valence-corrected chi connectivity index (χ4v) is 3.18. The Bertz CT molecular complexity index is 345. The first-order chi connectivity index (χ1) is 7.18. The van der Waals surface area contributed by atoms with Crippen LogP contribution in [0.2, 0.25) is 0 Å². The van der Waals surface area contributed by atoms with Crippen LogP contribution in [0.3, 0.4) is 0 Å². The predicted octanol–water partition coefficient (Wildman–Crippen LogP) is 1.90. The van der Waals surface area contributed by atoms with Crippen molar-refractivity contribution < 1.29 is 14.6 Å². The molecule has 0 amide bonds. The highest BCUT2D eigenvalue weighted by atomic mass is 16.6. The van der Waals surface area contributed by atoms with Gasteiger partial charge in [-0.05, 0) is 25.2 Å². The number of fused-ring (bicyclic) bond motifs is 3. The second-order valence-electron chi connectivity index (χ2n) is 4.96. The Morgan fingerprint density at radius 2 is 2.20 bits per heavy atom. The third-order valence-corrected chi connectivity index (χ3v) is 3.82. The molecule has 0 unspecified atom stereocenters. The van der Waals surface area contributed by atoms with Crippen molar-refractivity contribution in [1.29, 1.82) is 0 Å². The van der Waals surface area contributed by atoms with Crippen LogP contribution in [0, 0.1) is 5.92 Å². The van der Waals surface area contributed by atoms with Crippen molar-refractivity contribution in [3.8, 4) is 0 Å². The zero-order valence-electron chi connectivity index (χ0n) is 8.79. The largest absolute Gasteiger partial charge is 0.466 e. The Hall–Kier alpha value is -0.830. The van der Waals surface area contributed by atoms with E-state index in [9.17, 15) is 9.90 Å². The Kier molecular flexibility index (Phi) is 1.93. The Labute approximate surface area is 89.1 Å². The monoisotopic (exact) mass is 208 g/mol. The molecule has 0 saturated heterocycles. The van der Waals surface area contributed by atoms with Crippen molar-refractivity contribution in [3.63, 3.8) is 0 Å². The molecule has 82 valence electrons. The molecule has 0 spiro atoms. The summed E-state index contributed by atoms with van der Waals surface area (Å²) in [5.74, 6) is 0.356. The van der Waals surface area contributed by atoms with Gasteiger partial charge in [0.2, 0.25) is 5.79 Å². The number of aliphatic hydroxyl groups is 1. The fraction of sp³-hybridized carbons (Fsp3) is 0.750. The van der Waals surface area contributed by atoms with Gasteiger partial charge in [0.25, 0.3) is 0 Å². The molecule has 3 rings (SSSR count). The number of carbonyl (C=O) groups excluding carboxylic acids is 1. The van der Waals surface area contributed by atoms with E-state index in [1.54, 1.807) is 0 Å². The summed E-state index contributed by atoms with van der Waals surface area (Å²) in [6, 6.07) is 0. The van der Waals surface area contributed by atoms with Gasteiger partial charge in [-0.1, -0.05) is 0 Å². The second kappa shape index (κ2) is 3.08. The van der Waals surface area contributed by atoms with Crippen LogP contribution in [0.1, 0.15) is 44.9 Å². The number of allylic oxidation sites excluding steroid dienone is 2. The van der Waals surface area contributed by atoms with Crippen LogP contribution in [0.25, 0.3) is 0 Å². The molecule has 1 fully saturated rings. The standard InChI is InChI=1S/C12H16O3/c13-9-4-1-5-10-11(9)8-3-2-6-12(14,7-8)15-10/h8,14H,1-7H2/t8-,12+/m1/s1. The van der Waals surface area contributed by atoms with Crippen molar-refractivity contribution >= 4 is 5.78 Å². The lowest BCUT2D eigenvalue weighted by atomic mass is 9.74. The van der Waals surface area contributed by atoms with E-state index >= 15 is 0 Å². The van der Waals surface area contributed by atoms with Crippen molar-refractivity contribution in [1.82, 2.24) is 0 Å². The van der Waals surface area contributed by atoms with Crippen molar-refractivity contribution in [3.05, 3.63) is 11.3 Å². The molecule has 3 nitrogen and oxygen atoms in total. The summed E-state index contributed by atoms with van der Waals surface area (Å²) in [5, 5.41) is 10.2. The smallest absolute Gasteiger partial charge is 0.208 e. The summed E-state index contributed by atoms with van der Waals surface area (Å²) in [7, 11) is 0. The summed E-state index contributed by atoms with van der Waals surface area (Å²) in [6.45, 7) is 0. The highest BCUT2D eigenvalue weighted by molar-refractivity contribution is 5.97. The van der Waals surface area contributed by atoms with Crippen LogP contribution >= 0.6 is 0 Å². The van der Waals surface area contributed by atoms with E-state index in [-0.39, 0.29) is 11.7 Å². The maximum atomic E-state index is 11.8. The van der Waals surface area contributed by atoms with Crippen LogP contribution in [0.4, 0.5) is 0 Å². The van der Waals surface area contributed by atoms with E-state index in [1.807, 2.05) is 0 Å². The normalized spacial score (nSPS) is 39.8. The fourth-order valence-electron chi connectivity index (χ4n) is 3.18. The maximum Gasteiger partial charge on any atom is 0.208 e. The average molecular weight is 208 g/mol. The van der Waals surface area contributed by atoms with E-state index in [0.717, 1.165) is 37.0 Å². The van der Waals surface area contributed by atoms with E-state index in [0.29, 0.717) is 19.3 Å². The summed E-state index contributed by atoms with van der Waals surface area (Å²) in [5.41, 5.74) is 0.908. The Morgan fingerprint density at radius 1 is 1.33 bits per heavy atom. The van der Waals surface area contributed by atoms with Crippen LogP contribution in [-0.4, -0.2) is 16.7 Å². The molecule has 2 bridgehead atoms.